The average molecular weight is 371 g/mol. The van der Waals surface area contributed by atoms with Gasteiger partial charge in [-0.25, -0.2) is 4.57 Å². The predicted molar refractivity (Wildman–Crippen MR) is 96.5 cm³/mol. The van der Waals surface area contributed by atoms with Crippen molar-refractivity contribution in [2.24, 2.45) is 29.3 Å². The van der Waals surface area contributed by atoms with Crippen LogP contribution in [-0.2, 0) is 18.7 Å². The highest BCUT2D eigenvalue weighted by atomic mass is 31.2. The summed E-state index contributed by atoms with van der Waals surface area (Å²) in [7, 11) is -0.337. The number of aromatic nitrogens is 2. The third-order valence-corrected chi connectivity index (χ3v) is 4.54. The Morgan fingerprint density at radius 1 is 0.808 bits per heavy atom. The van der Waals surface area contributed by atoms with E-state index < -0.39 is 7.75 Å². The Morgan fingerprint density at radius 3 is 1.73 bits per heavy atom. The van der Waals surface area contributed by atoms with Gasteiger partial charge in [-0.2, -0.15) is 0 Å². The molecule has 2 aromatic carbocycles. The van der Waals surface area contributed by atoms with Crippen molar-refractivity contribution in [1.29, 1.82) is 0 Å². The molecule has 134 valence electrons. The zero-order valence-electron chi connectivity index (χ0n) is 14.3. The van der Waals surface area contributed by atoms with Crippen LogP contribution in [0.4, 0.5) is 0 Å². The fourth-order valence-electron chi connectivity index (χ4n) is 2.12. The van der Waals surface area contributed by atoms with Crippen LogP contribution < -0.4 is 14.7 Å². The first-order valence-corrected chi connectivity index (χ1v) is 9.29. The highest BCUT2D eigenvalue weighted by Crippen LogP contribution is 2.50. The van der Waals surface area contributed by atoms with Gasteiger partial charge >= 0.3 is 7.75 Å². The second kappa shape index (κ2) is 7.84. The molecule has 26 heavy (non-hydrogen) atoms. The molecule has 0 saturated heterocycles. The topological polar surface area (TPSA) is 82.5 Å². The minimum absolute atomic E-state index is 0.357. The Balaban J connectivity index is 1.91. The predicted octanol–water partition coefficient (Wildman–Crippen LogP) is 3.90. The Bertz CT molecular complexity index is 928. The molecule has 0 fully saturated rings. The van der Waals surface area contributed by atoms with Crippen molar-refractivity contribution >= 4 is 7.75 Å². The second-order valence-electron chi connectivity index (χ2n) is 5.38. The van der Waals surface area contributed by atoms with Gasteiger partial charge in [0.1, 0.15) is 11.5 Å². The molecule has 0 amide bonds. The van der Waals surface area contributed by atoms with E-state index in [0.29, 0.717) is 17.1 Å². The van der Waals surface area contributed by atoms with Gasteiger partial charge < -0.3 is 18.2 Å². The zero-order chi connectivity index (χ0) is 18.4. The van der Waals surface area contributed by atoms with Crippen LogP contribution in [0, 0.1) is 0 Å². The van der Waals surface area contributed by atoms with Crippen LogP contribution in [-0.4, -0.2) is 9.13 Å². The summed E-state index contributed by atoms with van der Waals surface area (Å²) in [6.07, 6.45) is 3.63. The zero-order valence-corrected chi connectivity index (χ0v) is 15.2. The maximum absolute atomic E-state index is 13.1. The van der Waals surface area contributed by atoms with Gasteiger partial charge in [0, 0.05) is 26.5 Å². The number of nitrogens with zero attached hydrogens (tertiary/aromatic N) is 5. The molecule has 0 spiro atoms. The standard InChI is InChI=1S/C17H18N5O3P/c1-21-13-14-22(2)17(21)18-19-20-26(23,24-15-9-5-3-6-10-15)25-16-11-7-4-8-12-16/h3-14H,1-2H3/b20-19+. The summed E-state index contributed by atoms with van der Waals surface area (Å²) in [6.45, 7) is 0. The monoisotopic (exact) mass is 371 g/mol. The highest BCUT2D eigenvalue weighted by Gasteiger charge is 2.29. The highest BCUT2D eigenvalue weighted by molar-refractivity contribution is 7.53. The number of rotatable bonds is 6. The van der Waals surface area contributed by atoms with Gasteiger partial charge in [0.25, 0.3) is 0 Å². The third kappa shape index (κ3) is 4.49. The second-order valence-corrected chi connectivity index (χ2v) is 6.86. The molecule has 0 aliphatic carbocycles. The molecule has 9 heteroatoms. The smallest absolute Gasteiger partial charge is 0.398 e. The van der Waals surface area contributed by atoms with Crippen molar-refractivity contribution in [1.82, 2.24) is 9.13 Å². The normalized spacial score (nSPS) is 11.5. The number of para-hydroxylation sites is 2. The molecule has 8 nitrogen and oxygen atoms in total. The Labute approximate surface area is 150 Å². The Morgan fingerprint density at radius 2 is 1.27 bits per heavy atom. The summed E-state index contributed by atoms with van der Waals surface area (Å²) >= 11 is 0. The van der Waals surface area contributed by atoms with Crippen molar-refractivity contribution in [3.8, 4) is 11.5 Å². The molecule has 1 aromatic heterocycles. The van der Waals surface area contributed by atoms with E-state index >= 15 is 0 Å². The van der Waals surface area contributed by atoms with Crippen LogP contribution in [0.15, 0.2) is 88.3 Å². The minimum atomic E-state index is -3.97. The molecule has 3 aromatic rings. The molecule has 0 unspecified atom stereocenters. The largest absolute Gasteiger partial charge is 0.583 e. The molecular formula is C17H18N5O3P. The lowest BCUT2D eigenvalue weighted by atomic mass is 10.3. The lowest BCUT2D eigenvalue weighted by Crippen LogP contribution is -2.20. The molecule has 0 saturated carbocycles. The Hall–Kier alpha value is -3.12. The van der Waals surface area contributed by atoms with Crippen LogP contribution in [0.5, 0.6) is 11.5 Å². The summed E-state index contributed by atoms with van der Waals surface area (Å²) in [5.74, 6) is 0.713. The fraction of sp³-hybridized carbons (Fsp3) is 0.118. The molecule has 0 radical (unpaired) electrons. The molecule has 3 rings (SSSR count). The summed E-state index contributed by atoms with van der Waals surface area (Å²) in [6, 6.07) is 17.3. The minimum Gasteiger partial charge on any atom is -0.398 e. The summed E-state index contributed by atoms with van der Waals surface area (Å²) < 4.78 is 27.5. The van der Waals surface area contributed by atoms with Crippen LogP contribution in [0.1, 0.15) is 0 Å². The van der Waals surface area contributed by atoms with Crippen molar-refractivity contribution in [3.63, 3.8) is 0 Å². The van der Waals surface area contributed by atoms with Gasteiger partial charge in [0.2, 0.25) is 5.62 Å². The number of imidazole rings is 1. The molecule has 0 N–H and O–H groups in total. The lowest BCUT2D eigenvalue weighted by Gasteiger charge is -2.14. The fourth-order valence-corrected chi connectivity index (χ4v) is 3.14. The van der Waals surface area contributed by atoms with Gasteiger partial charge in [-0.15, -0.1) is 0 Å². The van der Waals surface area contributed by atoms with Crippen molar-refractivity contribution in [3.05, 3.63) is 78.7 Å². The van der Waals surface area contributed by atoms with E-state index in [4.69, 9.17) is 9.05 Å². The number of benzene rings is 2. The van der Waals surface area contributed by atoms with Crippen LogP contribution in [0.25, 0.3) is 0 Å². The molecule has 0 bridgehead atoms. The first kappa shape index (κ1) is 17.7. The maximum Gasteiger partial charge on any atom is 0.583 e. The molecule has 0 aliphatic rings. The number of hydrogen-bond donors (Lipinski definition) is 0. The van der Waals surface area contributed by atoms with Crippen LogP contribution in [0.2, 0.25) is 0 Å². The van der Waals surface area contributed by atoms with E-state index in [1.807, 2.05) is 38.6 Å². The Kier molecular flexibility index (Phi) is 5.34. The van der Waals surface area contributed by atoms with Crippen molar-refractivity contribution in [2.45, 2.75) is 0 Å². The summed E-state index contributed by atoms with van der Waals surface area (Å²) in [5.41, 5.74) is 0.528. The van der Waals surface area contributed by atoms with E-state index in [9.17, 15) is 4.57 Å². The van der Waals surface area contributed by atoms with E-state index in [0.717, 1.165) is 0 Å². The van der Waals surface area contributed by atoms with Gasteiger partial charge in [-0.05, 0) is 34.4 Å². The summed E-state index contributed by atoms with van der Waals surface area (Å²) in [5, 5.41) is 7.68. The average Bonchev–Trinajstić information content (AvgIpc) is 2.95. The van der Waals surface area contributed by atoms with Gasteiger partial charge in [0.15, 0.2) is 0 Å². The third-order valence-electron chi connectivity index (χ3n) is 3.36. The molecular weight excluding hydrogens is 353 g/mol. The lowest BCUT2D eigenvalue weighted by molar-refractivity contribution is 0.384. The van der Waals surface area contributed by atoms with Crippen LogP contribution in [0.3, 0.4) is 0 Å². The van der Waals surface area contributed by atoms with Crippen molar-refractivity contribution < 1.29 is 13.6 Å². The van der Waals surface area contributed by atoms with Crippen molar-refractivity contribution in [2.75, 3.05) is 0 Å². The molecule has 0 aliphatic heterocycles. The van der Waals surface area contributed by atoms with E-state index in [-0.39, 0.29) is 0 Å². The van der Waals surface area contributed by atoms with E-state index in [2.05, 4.69) is 15.2 Å². The van der Waals surface area contributed by atoms with Gasteiger partial charge in [-0.3, -0.25) is 0 Å². The van der Waals surface area contributed by atoms with Gasteiger partial charge in [0.05, 0.1) is 0 Å². The summed E-state index contributed by atoms with van der Waals surface area (Å²) in [4.78, 5) is 3.75. The molecule has 1 heterocycles. The van der Waals surface area contributed by atoms with Gasteiger partial charge in [-0.1, -0.05) is 41.5 Å². The van der Waals surface area contributed by atoms with E-state index in [1.54, 1.807) is 57.7 Å². The maximum atomic E-state index is 13.1. The van der Waals surface area contributed by atoms with E-state index in [1.165, 1.54) is 0 Å². The number of aryl methyl sites for hydroxylation is 2. The number of hydrogen-bond acceptors (Lipinski definition) is 4. The molecule has 0 atom stereocenters. The van der Waals surface area contributed by atoms with Crippen LogP contribution >= 0.6 is 7.75 Å². The first-order chi connectivity index (χ1) is 12.6. The SMILES string of the molecule is Cn1ccn(C)c1=N/N=N/P(=O)(Oc1ccccc1)Oc1ccccc1. The first-order valence-electron chi connectivity index (χ1n) is 7.79. The quantitative estimate of drug-likeness (QED) is 0.374.